The molecule has 1 aliphatic heterocycles. The minimum absolute atomic E-state index is 0.0641. The first-order valence-corrected chi connectivity index (χ1v) is 11.5. The highest BCUT2D eigenvalue weighted by atomic mass is 16.5. The van der Waals surface area contributed by atoms with Gasteiger partial charge in [0.05, 0.1) is 17.0 Å². The fourth-order valence-corrected chi connectivity index (χ4v) is 4.32. The Bertz CT molecular complexity index is 1120. The van der Waals surface area contributed by atoms with Crippen LogP contribution in [-0.2, 0) is 21.6 Å². The van der Waals surface area contributed by atoms with Crippen molar-refractivity contribution < 1.29 is 24.2 Å². The summed E-state index contributed by atoms with van der Waals surface area (Å²) >= 11 is 0. The van der Waals surface area contributed by atoms with Gasteiger partial charge >= 0.3 is 5.97 Å². The molecule has 1 unspecified atom stereocenters. The molecule has 0 aromatic heterocycles. The number of carbonyl (C=O) groups is 2. The molecule has 6 heteroatoms. The van der Waals surface area contributed by atoms with Crippen molar-refractivity contribution in [3.8, 4) is 5.75 Å². The van der Waals surface area contributed by atoms with Crippen LogP contribution in [-0.4, -0.2) is 30.2 Å². The van der Waals surface area contributed by atoms with E-state index < -0.39 is 11.4 Å². The lowest BCUT2D eigenvalue weighted by Gasteiger charge is -2.37. The van der Waals surface area contributed by atoms with E-state index >= 15 is 0 Å². The first-order valence-electron chi connectivity index (χ1n) is 11.5. The molecule has 1 amide bonds. The van der Waals surface area contributed by atoms with Crippen molar-refractivity contribution in [1.29, 1.82) is 0 Å². The van der Waals surface area contributed by atoms with Gasteiger partial charge in [-0.1, -0.05) is 54.6 Å². The van der Waals surface area contributed by atoms with Gasteiger partial charge in [0.15, 0.2) is 0 Å². The van der Waals surface area contributed by atoms with E-state index in [-0.39, 0.29) is 17.5 Å². The standard InChI is InChI=1S/C28H29NO5/c1-20(22-10-12-23(13-11-22)26(30)31)29-27(32)28(14-16-33-17-15-28)24-8-5-9-25(18-24)34-19-21-6-3-2-4-7-21/h2-13,18,20H,14-17,19H2,1H3,(H,29,32)(H,30,31). The van der Waals surface area contributed by atoms with Crippen molar-refractivity contribution >= 4 is 11.9 Å². The van der Waals surface area contributed by atoms with Gasteiger partial charge in [0, 0.05) is 13.2 Å². The molecule has 6 nitrogen and oxygen atoms in total. The number of rotatable bonds is 8. The summed E-state index contributed by atoms with van der Waals surface area (Å²) < 4.78 is 11.6. The molecule has 0 radical (unpaired) electrons. The number of ether oxygens (including phenoxy) is 2. The molecule has 1 aliphatic rings. The molecule has 34 heavy (non-hydrogen) atoms. The Morgan fingerprint density at radius 2 is 1.71 bits per heavy atom. The van der Waals surface area contributed by atoms with E-state index in [1.807, 2.05) is 61.5 Å². The van der Waals surface area contributed by atoms with Gasteiger partial charge in [-0.3, -0.25) is 4.79 Å². The van der Waals surface area contributed by atoms with E-state index in [0.717, 1.165) is 22.4 Å². The number of benzene rings is 3. The molecule has 0 aliphatic carbocycles. The number of carboxylic acids is 1. The molecule has 3 aromatic rings. The number of carbonyl (C=O) groups excluding carboxylic acids is 1. The molecule has 1 fully saturated rings. The van der Waals surface area contributed by atoms with Crippen molar-refractivity contribution in [1.82, 2.24) is 5.32 Å². The van der Waals surface area contributed by atoms with E-state index in [1.54, 1.807) is 24.3 Å². The zero-order chi connectivity index (χ0) is 24.0. The Hall–Kier alpha value is -3.64. The Morgan fingerprint density at radius 1 is 1.00 bits per heavy atom. The normalized spacial score (nSPS) is 15.8. The highest BCUT2D eigenvalue weighted by Crippen LogP contribution is 2.37. The fourth-order valence-electron chi connectivity index (χ4n) is 4.32. The Kier molecular flexibility index (Phi) is 7.28. The molecular formula is C28H29NO5. The van der Waals surface area contributed by atoms with Crippen LogP contribution in [0.1, 0.15) is 52.9 Å². The third-order valence-electron chi connectivity index (χ3n) is 6.42. The van der Waals surface area contributed by atoms with Crippen LogP contribution >= 0.6 is 0 Å². The van der Waals surface area contributed by atoms with Gasteiger partial charge in [-0.15, -0.1) is 0 Å². The molecule has 0 saturated carbocycles. The average molecular weight is 460 g/mol. The molecule has 0 bridgehead atoms. The predicted octanol–water partition coefficient (Wildman–Crippen LogP) is 4.89. The van der Waals surface area contributed by atoms with Crippen LogP contribution in [0.15, 0.2) is 78.9 Å². The average Bonchev–Trinajstić information content (AvgIpc) is 2.88. The van der Waals surface area contributed by atoms with Gasteiger partial charge < -0.3 is 19.9 Å². The molecule has 1 atom stereocenters. The molecule has 0 spiro atoms. The van der Waals surface area contributed by atoms with Gasteiger partial charge in [-0.25, -0.2) is 4.79 Å². The third-order valence-corrected chi connectivity index (χ3v) is 6.42. The van der Waals surface area contributed by atoms with E-state index in [0.29, 0.717) is 32.7 Å². The number of nitrogens with one attached hydrogen (secondary N) is 1. The van der Waals surface area contributed by atoms with Gasteiger partial charge in [0.1, 0.15) is 12.4 Å². The summed E-state index contributed by atoms with van der Waals surface area (Å²) in [6.45, 7) is 3.37. The number of aromatic carboxylic acids is 1. The Balaban J connectivity index is 1.53. The van der Waals surface area contributed by atoms with Crippen molar-refractivity contribution in [2.45, 2.75) is 37.8 Å². The lowest BCUT2D eigenvalue weighted by molar-refractivity contribution is -0.131. The molecule has 3 aromatic carbocycles. The summed E-state index contributed by atoms with van der Waals surface area (Å²) in [5.74, 6) is -0.318. The summed E-state index contributed by atoms with van der Waals surface area (Å²) in [4.78, 5) is 24.8. The second-order valence-corrected chi connectivity index (χ2v) is 8.62. The molecule has 4 rings (SSSR count). The lowest BCUT2D eigenvalue weighted by atomic mass is 9.73. The highest BCUT2D eigenvalue weighted by Gasteiger charge is 2.42. The van der Waals surface area contributed by atoms with Crippen LogP contribution in [0.25, 0.3) is 0 Å². The molecule has 1 heterocycles. The molecule has 1 saturated heterocycles. The van der Waals surface area contributed by atoms with Crippen molar-refractivity contribution in [2.24, 2.45) is 0 Å². The topological polar surface area (TPSA) is 84.9 Å². The van der Waals surface area contributed by atoms with Crippen LogP contribution in [0.5, 0.6) is 5.75 Å². The summed E-state index contributed by atoms with van der Waals surface area (Å²) in [6, 6.07) is 24.0. The van der Waals surface area contributed by atoms with Gasteiger partial charge in [0.2, 0.25) is 5.91 Å². The summed E-state index contributed by atoms with van der Waals surface area (Å²) in [5.41, 5.74) is 2.33. The van der Waals surface area contributed by atoms with Crippen molar-refractivity contribution in [3.05, 3.63) is 101 Å². The number of hydrogen-bond acceptors (Lipinski definition) is 4. The SMILES string of the molecule is CC(NC(=O)C1(c2cccc(OCc3ccccc3)c2)CCOCC1)c1ccc(C(=O)O)cc1. The van der Waals surface area contributed by atoms with Gasteiger partial charge in [-0.05, 0) is 60.7 Å². The van der Waals surface area contributed by atoms with Crippen molar-refractivity contribution in [2.75, 3.05) is 13.2 Å². The van der Waals surface area contributed by atoms with E-state index in [1.165, 1.54) is 0 Å². The van der Waals surface area contributed by atoms with Crippen LogP contribution in [0.2, 0.25) is 0 Å². The summed E-state index contributed by atoms with van der Waals surface area (Å²) in [7, 11) is 0. The fraction of sp³-hybridized carbons (Fsp3) is 0.286. The quantitative estimate of drug-likeness (QED) is 0.501. The minimum atomic E-state index is -0.973. The third kappa shape index (κ3) is 5.29. The van der Waals surface area contributed by atoms with Crippen molar-refractivity contribution in [3.63, 3.8) is 0 Å². The first kappa shape index (κ1) is 23.5. The highest BCUT2D eigenvalue weighted by molar-refractivity contribution is 5.89. The molecular weight excluding hydrogens is 430 g/mol. The van der Waals surface area contributed by atoms with E-state index in [2.05, 4.69) is 5.32 Å². The Labute approximate surface area is 199 Å². The largest absolute Gasteiger partial charge is 0.489 e. The van der Waals surface area contributed by atoms with Crippen LogP contribution in [0.3, 0.4) is 0 Å². The number of hydrogen-bond donors (Lipinski definition) is 2. The molecule has 2 N–H and O–H groups in total. The zero-order valence-corrected chi connectivity index (χ0v) is 19.2. The second-order valence-electron chi connectivity index (χ2n) is 8.62. The maximum atomic E-state index is 13.7. The van der Waals surface area contributed by atoms with E-state index in [9.17, 15) is 9.59 Å². The maximum absolute atomic E-state index is 13.7. The second kappa shape index (κ2) is 10.5. The minimum Gasteiger partial charge on any atom is -0.489 e. The monoisotopic (exact) mass is 459 g/mol. The zero-order valence-electron chi connectivity index (χ0n) is 19.2. The van der Waals surface area contributed by atoms with Crippen LogP contribution in [0, 0.1) is 0 Å². The van der Waals surface area contributed by atoms with Crippen LogP contribution < -0.4 is 10.1 Å². The lowest BCUT2D eigenvalue weighted by Crippen LogP contribution is -2.48. The van der Waals surface area contributed by atoms with Crippen LogP contribution in [0.4, 0.5) is 0 Å². The van der Waals surface area contributed by atoms with Gasteiger partial charge in [-0.2, -0.15) is 0 Å². The van der Waals surface area contributed by atoms with E-state index in [4.69, 9.17) is 14.6 Å². The molecule has 176 valence electrons. The predicted molar refractivity (Wildman–Crippen MR) is 129 cm³/mol. The maximum Gasteiger partial charge on any atom is 0.335 e. The summed E-state index contributed by atoms with van der Waals surface area (Å²) in [6.07, 6.45) is 1.15. The first-order chi connectivity index (χ1) is 16.5. The number of carboxylic acid groups (broad SMARTS) is 1. The number of amides is 1. The smallest absolute Gasteiger partial charge is 0.335 e. The van der Waals surface area contributed by atoms with Gasteiger partial charge in [0.25, 0.3) is 0 Å². The Morgan fingerprint density at radius 3 is 2.38 bits per heavy atom. The summed E-state index contributed by atoms with van der Waals surface area (Å²) in [5, 5.41) is 12.3.